The number of hydrogen-bond acceptors (Lipinski definition) is 7. The van der Waals surface area contributed by atoms with Crippen LogP contribution in [0.1, 0.15) is 50.4 Å². The van der Waals surface area contributed by atoms with Gasteiger partial charge in [-0.3, -0.25) is 19.5 Å². The zero-order valence-electron chi connectivity index (χ0n) is 21.1. The highest BCUT2D eigenvalue weighted by Gasteiger charge is 2.48. The molecule has 37 heavy (non-hydrogen) atoms. The first kappa shape index (κ1) is 24.6. The van der Waals surface area contributed by atoms with Crippen LogP contribution in [0.3, 0.4) is 0 Å². The molecule has 1 N–H and O–H groups in total. The van der Waals surface area contributed by atoms with E-state index >= 15 is 0 Å². The number of hydrogen-bond donors (Lipinski definition) is 1. The molecule has 3 heterocycles. The molecule has 8 heteroatoms. The van der Waals surface area contributed by atoms with E-state index in [0.29, 0.717) is 28.6 Å². The Bertz CT molecular complexity index is 1540. The first-order valence-corrected chi connectivity index (χ1v) is 12.9. The number of anilines is 1. The summed E-state index contributed by atoms with van der Waals surface area (Å²) in [6.45, 7) is 8.73. The highest BCUT2D eigenvalue weighted by molar-refractivity contribution is 7.22. The molecule has 0 spiro atoms. The number of rotatable bonds is 5. The van der Waals surface area contributed by atoms with Gasteiger partial charge in [0.15, 0.2) is 5.13 Å². The van der Waals surface area contributed by atoms with Crippen molar-refractivity contribution in [3.63, 3.8) is 0 Å². The summed E-state index contributed by atoms with van der Waals surface area (Å²) in [6.07, 6.45) is 3.21. The molecule has 0 aliphatic carbocycles. The first-order valence-electron chi connectivity index (χ1n) is 12.0. The molecule has 2 aromatic heterocycles. The van der Waals surface area contributed by atoms with E-state index in [-0.39, 0.29) is 16.7 Å². The molecule has 5 rings (SSSR count). The number of nitrogens with zero attached hydrogens (tertiary/aromatic N) is 3. The van der Waals surface area contributed by atoms with Crippen molar-refractivity contribution in [3.05, 3.63) is 89.3 Å². The van der Waals surface area contributed by atoms with Gasteiger partial charge in [-0.15, -0.1) is 0 Å². The largest absolute Gasteiger partial charge is 0.507 e. The van der Waals surface area contributed by atoms with E-state index in [0.717, 1.165) is 15.8 Å². The van der Waals surface area contributed by atoms with Crippen LogP contribution in [-0.4, -0.2) is 33.4 Å². The van der Waals surface area contributed by atoms with Crippen LogP contribution in [-0.2, 0) is 15.0 Å². The maximum absolute atomic E-state index is 13.5. The summed E-state index contributed by atoms with van der Waals surface area (Å²) in [6, 6.07) is 15.5. The molecule has 7 nitrogen and oxygen atoms in total. The average molecular weight is 514 g/mol. The number of thiazole rings is 1. The molecule has 0 saturated carbocycles. The summed E-state index contributed by atoms with van der Waals surface area (Å²) in [7, 11) is 0. The van der Waals surface area contributed by atoms with E-state index in [2.05, 4.69) is 31.8 Å². The minimum absolute atomic E-state index is 0.0127. The second-order valence-corrected chi connectivity index (χ2v) is 10.9. The second kappa shape index (κ2) is 9.44. The number of pyridine rings is 1. The van der Waals surface area contributed by atoms with E-state index in [1.807, 2.05) is 19.1 Å². The summed E-state index contributed by atoms with van der Waals surface area (Å²) in [4.78, 5) is 37.2. The molecule has 1 unspecified atom stereocenters. The number of amides is 1. The standard InChI is InChI=1S/C29H27N3O4S/c1-5-36-20-10-6-8-17(14-20)25(33)23-24(18-9-7-13-30-16-18)32(27(35)26(23)34)28-31-21-12-11-19(29(2,3)4)15-22(21)37-28/h6-16,24,33H,5H2,1-4H3/b25-23+. The Kier molecular flexibility index (Phi) is 6.29. The van der Waals surface area contributed by atoms with Crippen molar-refractivity contribution >= 4 is 44.1 Å². The molecule has 1 atom stereocenters. The normalized spacial score (nSPS) is 17.5. The van der Waals surface area contributed by atoms with Crippen molar-refractivity contribution in [3.8, 4) is 5.75 Å². The summed E-state index contributed by atoms with van der Waals surface area (Å²) >= 11 is 1.34. The number of ketones is 1. The third-order valence-electron chi connectivity index (χ3n) is 6.31. The lowest BCUT2D eigenvalue weighted by Crippen LogP contribution is -2.29. The van der Waals surface area contributed by atoms with Gasteiger partial charge >= 0.3 is 5.91 Å². The molecule has 1 aliphatic heterocycles. The molecule has 1 fully saturated rings. The lowest BCUT2D eigenvalue weighted by Gasteiger charge is -2.22. The number of benzene rings is 2. The van der Waals surface area contributed by atoms with Crippen molar-refractivity contribution in [1.82, 2.24) is 9.97 Å². The van der Waals surface area contributed by atoms with Crippen molar-refractivity contribution in [1.29, 1.82) is 0 Å². The van der Waals surface area contributed by atoms with Crippen LogP contribution < -0.4 is 9.64 Å². The highest BCUT2D eigenvalue weighted by Crippen LogP contribution is 2.44. The summed E-state index contributed by atoms with van der Waals surface area (Å²) in [5, 5.41) is 11.7. The molecule has 1 saturated heterocycles. The maximum Gasteiger partial charge on any atom is 0.301 e. The predicted molar refractivity (Wildman–Crippen MR) is 145 cm³/mol. The first-order chi connectivity index (χ1) is 17.7. The zero-order valence-corrected chi connectivity index (χ0v) is 21.9. The third kappa shape index (κ3) is 4.49. The highest BCUT2D eigenvalue weighted by atomic mass is 32.1. The minimum atomic E-state index is -0.882. The van der Waals surface area contributed by atoms with E-state index in [9.17, 15) is 14.7 Å². The van der Waals surface area contributed by atoms with Crippen molar-refractivity contribution in [2.75, 3.05) is 11.5 Å². The Morgan fingerprint density at radius 2 is 1.92 bits per heavy atom. The molecular formula is C29H27N3O4S. The topological polar surface area (TPSA) is 92.6 Å². The number of aromatic nitrogens is 2. The van der Waals surface area contributed by atoms with E-state index in [1.54, 1.807) is 48.8 Å². The SMILES string of the molecule is CCOc1cccc(/C(O)=C2\C(=O)C(=O)N(c3nc4ccc(C(C)(C)C)cc4s3)C2c2cccnc2)c1. The van der Waals surface area contributed by atoms with Gasteiger partial charge in [-0.05, 0) is 53.8 Å². The van der Waals surface area contributed by atoms with Gasteiger partial charge in [0.05, 0.1) is 28.4 Å². The van der Waals surface area contributed by atoms with Crippen molar-refractivity contribution < 1.29 is 19.4 Å². The molecular weight excluding hydrogens is 486 g/mol. The zero-order chi connectivity index (χ0) is 26.3. The Balaban J connectivity index is 1.68. The van der Waals surface area contributed by atoms with E-state index < -0.39 is 17.7 Å². The van der Waals surface area contributed by atoms with Gasteiger partial charge in [-0.1, -0.05) is 56.4 Å². The van der Waals surface area contributed by atoms with Gasteiger partial charge in [-0.2, -0.15) is 0 Å². The van der Waals surface area contributed by atoms with E-state index in [4.69, 9.17) is 9.72 Å². The number of ether oxygens (including phenoxy) is 1. The quantitative estimate of drug-likeness (QED) is 0.199. The van der Waals surface area contributed by atoms with Gasteiger partial charge in [0, 0.05) is 18.0 Å². The number of aliphatic hydroxyl groups is 1. The van der Waals surface area contributed by atoms with Gasteiger partial charge in [0.25, 0.3) is 5.78 Å². The average Bonchev–Trinajstić information content (AvgIpc) is 3.42. The lowest BCUT2D eigenvalue weighted by molar-refractivity contribution is -0.132. The molecule has 188 valence electrons. The van der Waals surface area contributed by atoms with Crippen LogP contribution in [0.4, 0.5) is 5.13 Å². The fourth-order valence-corrected chi connectivity index (χ4v) is 5.45. The predicted octanol–water partition coefficient (Wildman–Crippen LogP) is 6.01. The molecule has 4 aromatic rings. The summed E-state index contributed by atoms with van der Waals surface area (Å²) in [5.74, 6) is -1.24. The monoisotopic (exact) mass is 513 g/mol. The molecule has 0 bridgehead atoms. The number of carbonyl (C=O) groups is 2. The Hall–Kier alpha value is -4.04. The van der Waals surface area contributed by atoms with Crippen molar-refractivity contribution in [2.45, 2.75) is 39.2 Å². The van der Waals surface area contributed by atoms with Gasteiger partial charge in [-0.25, -0.2) is 4.98 Å². The van der Waals surface area contributed by atoms with E-state index in [1.165, 1.54) is 16.2 Å². The van der Waals surface area contributed by atoms with Crippen LogP contribution in [0.25, 0.3) is 16.0 Å². The Morgan fingerprint density at radius 3 is 2.62 bits per heavy atom. The molecule has 0 radical (unpaired) electrons. The summed E-state index contributed by atoms with van der Waals surface area (Å²) < 4.78 is 6.48. The smallest absolute Gasteiger partial charge is 0.301 e. The second-order valence-electron chi connectivity index (χ2n) is 9.85. The van der Waals surface area contributed by atoms with Gasteiger partial charge in [0.2, 0.25) is 0 Å². The van der Waals surface area contributed by atoms with Crippen LogP contribution in [0.5, 0.6) is 5.75 Å². The molecule has 1 aliphatic rings. The van der Waals surface area contributed by atoms with Crippen LogP contribution >= 0.6 is 11.3 Å². The van der Waals surface area contributed by atoms with Crippen LogP contribution in [0, 0.1) is 0 Å². The number of fused-ring (bicyclic) bond motifs is 1. The maximum atomic E-state index is 13.5. The number of carbonyl (C=O) groups excluding carboxylic acids is 2. The molecule has 1 amide bonds. The number of Topliss-reactive ketones (excluding diaryl/α,β-unsaturated/α-hetero) is 1. The fraction of sp³-hybridized carbons (Fsp3) is 0.241. The Morgan fingerprint density at radius 1 is 1.11 bits per heavy atom. The van der Waals surface area contributed by atoms with Crippen LogP contribution in [0.15, 0.2) is 72.6 Å². The van der Waals surface area contributed by atoms with Gasteiger partial charge < -0.3 is 9.84 Å². The summed E-state index contributed by atoms with van der Waals surface area (Å²) in [5.41, 5.74) is 2.81. The Labute approximate surface area is 219 Å². The third-order valence-corrected chi connectivity index (χ3v) is 7.33. The number of aliphatic hydroxyl groups excluding tert-OH is 1. The fourth-order valence-electron chi connectivity index (χ4n) is 4.42. The minimum Gasteiger partial charge on any atom is -0.507 e. The van der Waals surface area contributed by atoms with Crippen LogP contribution in [0.2, 0.25) is 0 Å². The van der Waals surface area contributed by atoms with Gasteiger partial charge in [0.1, 0.15) is 11.5 Å². The van der Waals surface area contributed by atoms with Crippen molar-refractivity contribution in [2.24, 2.45) is 0 Å². The lowest BCUT2D eigenvalue weighted by atomic mass is 9.87. The molecule has 2 aromatic carbocycles.